The summed E-state index contributed by atoms with van der Waals surface area (Å²) in [6, 6.07) is 15.5. The van der Waals surface area contributed by atoms with Crippen LogP contribution in [0.15, 0.2) is 42.5 Å². The first-order valence-corrected chi connectivity index (χ1v) is 6.25. The number of aryl methyl sites for hydroxylation is 2. The summed E-state index contributed by atoms with van der Waals surface area (Å²) in [6.45, 7) is 8.83. The molecule has 0 aliphatic heterocycles. The summed E-state index contributed by atoms with van der Waals surface area (Å²) in [5, 5.41) is 0. The molecular weight excluding hydrogens is 204 g/mol. The van der Waals surface area contributed by atoms with E-state index in [2.05, 4.69) is 70.2 Å². The van der Waals surface area contributed by atoms with Gasteiger partial charge in [-0.2, -0.15) is 0 Å². The van der Waals surface area contributed by atoms with Crippen molar-refractivity contribution in [3.05, 3.63) is 59.2 Å². The molecule has 17 heavy (non-hydrogen) atoms. The first-order valence-electron chi connectivity index (χ1n) is 6.25. The summed E-state index contributed by atoms with van der Waals surface area (Å²) in [4.78, 5) is 0. The van der Waals surface area contributed by atoms with Gasteiger partial charge in [0.2, 0.25) is 0 Å². The molecule has 0 aromatic heterocycles. The van der Waals surface area contributed by atoms with E-state index in [9.17, 15) is 0 Å². The molecule has 2 aromatic rings. The average molecular weight is 224 g/mol. The number of rotatable bonds is 2. The Kier molecular flexibility index (Phi) is 3.33. The zero-order valence-electron chi connectivity index (χ0n) is 11.1. The van der Waals surface area contributed by atoms with Gasteiger partial charge in [0, 0.05) is 0 Å². The molecule has 0 heteroatoms. The van der Waals surface area contributed by atoms with Gasteiger partial charge in [-0.25, -0.2) is 0 Å². The van der Waals surface area contributed by atoms with Gasteiger partial charge in [-0.1, -0.05) is 61.9 Å². The topological polar surface area (TPSA) is 0 Å². The van der Waals surface area contributed by atoms with Crippen molar-refractivity contribution >= 4 is 0 Å². The van der Waals surface area contributed by atoms with Crippen LogP contribution >= 0.6 is 0 Å². The zero-order chi connectivity index (χ0) is 12.4. The first kappa shape index (κ1) is 11.9. The van der Waals surface area contributed by atoms with Crippen LogP contribution in [0.2, 0.25) is 0 Å². The van der Waals surface area contributed by atoms with E-state index < -0.39 is 0 Å². The molecule has 0 fully saturated rings. The monoisotopic (exact) mass is 224 g/mol. The van der Waals surface area contributed by atoms with E-state index in [1.807, 2.05) is 0 Å². The lowest BCUT2D eigenvalue weighted by molar-refractivity contribution is 0.857. The smallest absolute Gasteiger partial charge is 0.0181 e. The van der Waals surface area contributed by atoms with Crippen molar-refractivity contribution in [2.45, 2.75) is 33.6 Å². The maximum absolute atomic E-state index is 2.33. The first-order chi connectivity index (χ1) is 8.08. The predicted octanol–water partition coefficient (Wildman–Crippen LogP) is 5.09. The molecule has 88 valence electrons. The minimum absolute atomic E-state index is 0.583. The lowest BCUT2D eigenvalue weighted by Gasteiger charge is -2.12. The van der Waals surface area contributed by atoms with Gasteiger partial charge in [-0.15, -0.1) is 0 Å². The molecule has 2 rings (SSSR count). The van der Waals surface area contributed by atoms with Gasteiger partial charge < -0.3 is 0 Å². The molecule has 0 amide bonds. The second kappa shape index (κ2) is 4.75. The molecule has 0 spiro atoms. The normalized spacial score (nSPS) is 10.9. The van der Waals surface area contributed by atoms with Crippen LogP contribution in [0, 0.1) is 13.8 Å². The van der Waals surface area contributed by atoms with E-state index >= 15 is 0 Å². The molecule has 0 unspecified atom stereocenters. The molecule has 0 aliphatic rings. The van der Waals surface area contributed by atoms with Gasteiger partial charge in [-0.05, 0) is 42.0 Å². The average Bonchev–Trinajstić information content (AvgIpc) is 2.29. The molecule has 0 saturated heterocycles. The molecule has 0 nitrogen and oxygen atoms in total. The van der Waals surface area contributed by atoms with Crippen molar-refractivity contribution in [3.63, 3.8) is 0 Å². The Hall–Kier alpha value is -1.56. The van der Waals surface area contributed by atoms with Crippen molar-refractivity contribution < 1.29 is 0 Å². The molecule has 0 heterocycles. The summed E-state index contributed by atoms with van der Waals surface area (Å²) in [7, 11) is 0. The van der Waals surface area contributed by atoms with Crippen molar-refractivity contribution in [3.8, 4) is 11.1 Å². The van der Waals surface area contributed by atoms with E-state index in [1.54, 1.807) is 0 Å². The minimum Gasteiger partial charge on any atom is -0.0614 e. The van der Waals surface area contributed by atoms with Gasteiger partial charge in [0.05, 0.1) is 0 Å². The largest absolute Gasteiger partial charge is 0.0614 e. The lowest BCUT2D eigenvalue weighted by Crippen LogP contribution is -1.92. The van der Waals surface area contributed by atoms with Crippen LogP contribution in [0.1, 0.15) is 36.5 Å². The van der Waals surface area contributed by atoms with Crippen molar-refractivity contribution in [1.29, 1.82) is 0 Å². The molecule has 0 radical (unpaired) electrons. The van der Waals surface area contributed by atoms with Gasteiger partial charge in [-0.3, -0.25) is 0 Å². The van der Waals surface area contributed by atoms with Gasteiger partial charge in [0.1, 0.15) is 0 Å². The summed E-state index contributed by atoms with van der Waals surface area (Å²) in [5.74, 6) is 0.583. The fraction of sp³-hybridized carbons (Fsp3) is 0.294. The summed E-state index contributed by atoms with van der Waals surface area (Å²) in [5.41, 5.74) is 6.78. The van der Waals surface area contributed by atoms with E-state index in [4.69, 9.17) is 0 Å². The highest BCUT2D eigenvalue weighted by atomic mass is 14.1. The second-order valence-electron chi connectivity index (χ2n) is 5.10. The molecule has 0 atom stereocenters. The fourth-order valence-corrected chi connectivity index (χ4v) is 2.27. The van der Waals surface area contributed by atoms with Crippen LogP contribution in [-0.4, -0.2) is 0 Å². The molecular formula is C17H20. The Bertz CT molecular complexity index is 521. The standard InChI is InChI=1S/C17H20/c1-12(2)17-11-16(9-8-14(17)4)15-7-5-6-13(3)10-15/h5-12H,1-4H3. The Morgan fingerprint density at radius 1 is 0.824 bits per heavy atom. The highest BCUT2D eigenvalue weighted by molar-refractivity contribution is 5.65. The van der Waals surface area contributed by atoms with Crippen LogP contribution in [0.3, 0.4) is 0 Å². The van der Waals surface area contributed by atoms with Gasteiger partial charge >= 0.3 is 0 Å². The van der Waals surface area contributed by atoms with Crippen LogP contribution in [0.5, 0.6) is 0 Å². The third-order valence-corrected chi connectivity index (χ3v) is 3.25. The molecule has 2 aromatic carbocycles. The Morgan fingerprint density at radius 2 is 1.53 bits per heavy atom. The number of hydrogen-bond acceptors (Lipinski definition) is 0. The van der Waals surface area contributed by atoms with Crippen LogP contribution in [0.4, 0.5) is 0 Å². The summed E-state index contributed by atoms with van der Waals surface area (Å²) >= 11 is 0. The minimum atomic E-state index is 0.583. The van der Waals surface area contributed by atoms with Gasteiger partial charge in [0.25, 0.3) is 0 Å². The van der Waals surface area contributed by atoms with E-state index in [-0.39, 0.29) is 0 Å². The quantitative estimate of drug-likeness (QED) is 0.666. The molecule has 0 N–H and O–H groups in total. The molecule has 0 bridgehead atoms. The van der Waals surface area contributed by atoms with Crippen LogP contribution in [-0.2, 0) is 0 Å². The third-order valence-electron chi connectivity index (χ3n) is 3.25. The Morgan fingerprint density at radius 3 is 2.18 bits per heavy atom. The summed E-state index contributed by atoms with van der Waals surface area (Å²) in [6.07, 6.45) is 0. The van der Waals surface area contributed by atoms with Gasteiger partial charge in [0.15, 0.2) is 0 Å². The lowest BCUT2D eigenvalue weighted by atomic mass is 9.93. The van der Waals surface area contributed by atoms with E-state index in [1.165, 1.54) is 27.8 Å². The molecule has 0 saturated carbocycles. The maximum atomic E-state index is 2.33. The Labute approximate surface area is 104 Å². The SMILES string of the molecule is Cc1cccc(-c2ccc(C)c(C(C)C)c2)c1. The maximum Gasteiger partial charge on any atom is -0.0181 e. The van der Waals surface area contributed by atoms with Crippen molar-refractivity contribution in [2.24, 2.45) is 0 Å². The van der Waals surface area contributed by atoms with Crippen LogP contribution < -0.4 is 0 Å². The second-order valence-corrected chi connectivity index (χ2v) is 5.10. The van der Waals surface area contributed by atoms with Crippen LogP contribution in [0.25, 0.3) is 11.1 Å². The van der Waals surface area contributed by atoms with E-state index in [0.717, 1.165) is 0 Å². The highest BCUT2D eigenvalue weighted by Crippen LogP contribution is 2.27. The van der Waals surface area contributed by atoms with Crippen molar-refractivity contribution in [2.75, 3.05) is 0 Å². The predicted molar refractivity (Wildman–Crippen MR) is 75.4 cm³/mol. The summed E-state index contributed by atoms with van der Waals surface area (Å²) < 4.78 is 0. The fourth-order valence-electron chi connectivity index (χ4n) is 2.27. The number of hydrogen-bond donors (Lipinski definition) is 0. The van der Waals surface area contributed by atoms with Crippen molar-refractivity contribution in [1.82, 2.24) is 0 Å². The Balaban J connectivity index is 2.50. The molecule has 0 aliphatic carbocycles. The number of benzene rings is 2. The van der Waals surface area contributed by atoms with E-state index in [0.29, 0.717) is 5.92 Å². The highest BCUT2D eigenvalue weighted by Gasteiger charge is 2.05. The third kappa shape index (κ3) is 2.58. The zero-order valence-corrected chi connectivity index (χ0v) is 11.1.